The number of benzene rings is 1. The zero-order valence-electron chi connectivity index (χ0n) is 10.3. The number of carbonyl (C=O) groups excluding carboxylic acids is 1. The average Bonchev–Trinajstić information content (AvgIpc) is 2.43. The van der Waals surface area contributed by atoms with E-state index < -0.39 is 5.97 Å². The van der Waals surface area contributed by atoms with Gasteiger partial charge in [0.25, 0.3) is 0 Å². The maximum atomic E-state index is 11.1. The smallest absolute Gasteiger partial charge is 0.343 e. The third kappa shape index (κ3) is 2.71. The first kappa shape index (κ1) is 12.6. The summed E-state index contributed by atoms with van der Waals surface area (Å²) >= 11 is 0. The minimum absolute atomic E-state index is 0.0798. The van der Waals surface area contributed by atoms with E-state index in [1.54, 1.807) is 0 Å². The molecule has 0 radical (unpaired) electrons. The summed E-state index contributed by atoms with van der Waals surface area (Å²) in [5.74, 6) is 0.321. The van der Waals surface area contributed by atoms with Crippen molar-refractivity contribution in [3.8, 4) is 5.75 Å². The Morgan fingerprint density at radius 3 is 2.94 bits per heavy atom. The summed E-state index contributed by atoms with van der Waals surface area (Å²) in [6, 6.07) is 5.71. The number of rotatable bonds is 4. The number of ether oxygens (including phenoxy) is 2. The summed E-state index contributed by atoms with van der Waals surface area (Å²) in [6.07, 6.45) is 3.62. The number of methoxy groups -OCH3 is 1. The van der Waals surface area contributed by atoms with Gasteiger partial charge >= 0.3 is 5.97 Å². The molecule has 0 bridgehead atoms. The summed E-state index contributed by atoms with van der Waals surface area (Å²) in [7, 11) is 1.34. The van der Waals surface area contributed by atoms with Gasteiger partial charge in [0, 0.05) is 5.56 Å². The van der Waals surface area contributed by atoms with Crippen molar-refractivity contribution in [3.63, 3.8) is 0 Å². The van der Waals surface area contributed by atoms with Crippen LogP contribution >= 0.6 is 0 Å². The molecule has 4 heteroatoms. The molecular formula is C14H16O4. The SMILES string of the molecule is COC(=O)COc1cccc2c1CCC(CO)=C2. The first-order chi connectivity index (χ1) is 8.74. The highest BCUT2D eigenvalue weighted by atomic mass is 16.6. The van der Waals surface area contributed by atoms with Gasteiger partial charge in [0.1, 0.15) is 5.75 Å². The van der Waals surface area contributed by atoms with Gasteiger partial charge in [0.05, 0.1) is 13.7 Å². The highest BCUT2D eigenvalue weighted by Gasteiger charge is 2.15. The fraction of sp³-hybridized carbons (Fsp3) is 0.357. The molecule has 1 aliphatic carbocycles. The van der Waals surface area contributed by atoms with E-state index in [2.05, 4.69) is 4.74 Å². The molecule has 1 aromatic rings. The number of hydrogen-bond acceptors (Lipinski definition) is 4. The Bertz CT molecular complexity index is 477. The predicted octanol–water partition coefficient (Wildman–Crippen LogP) is 1.56. The van der Waals surface area contributed by atoms with E-state index in [1.807, 2.05) is 24.3 Å². The highest BCUT2D eigenvalue weighted by molar-refractivity contribution is 5.71. The molecule has 0 saturated carbocycles. The van der Waals surface area contributed by atoms with E-state index in [9.17, 15) is 4.79 Å². The number of esters is 1. The summed E-state index contributed by atoms with van der Waals surface area (Å²) in [4.78, 5) is 11.1. The van der Waals surface area contributed by atoms with Crippen molar-refractivity contribution < 1.29 is 19.4 Å². The van der Waals surface area contributed by atoms with Crippen LogP contribution in [0.15, 0.2) is 23.8 Å². The van der Waals surface area contributed by atoms with Gasteiger partial charge in [-0.05, 0) is 30.0 Å². The lowest BCUT2D eigenvalue weighted by atomic mass is 9.92. The minimum Gasteiger partial charge on any atom is -0.482 e. The lowest BCUT2D eigenvalue weighted by Crippen LogP contribution is -2.14. The molecule has 0 amide bonds. The van der Waals surface area contributed by atoms with Crippen LogP contribution in [0.4, 0.5) is 0 Å². The number of aliphatic hydroxyl groups is 1. The van der Waals surface area contributed by atoms with E-state index in [0.29, 0.717) is 5.75 Å². The van der Waals surface area contributed by atoms with Crippen LogP contribution in [0.3, 0.4) is 0 Å². The third-order valence-electron chi connectivity index (χ3n) is 3.00. The van der Waals surface area contributed by atoms with Gasteiger partial charge < -0.3 is 14.6 Å². The molecule has 1 aromatic carbocycles. The molecule has 96 valence electrons. The van der Waals surface area contributed by atoms with E-state index in [1.165, 1.54) is 7.11 Å². The van der Waals surface area contributed by atoms with Crippen LogP contribution in [0.5, 0.6) is 5.75 Å². The molecule has 0 saturated heterocycles. The first-order valence-electron chi connectivity index (χ1n) is 5.86. The number of hydrogen-bond donors (Lipinski definition) is 1. The Hall–Kier alpha value is -1.81. The molecule has 18 heavy (non-hydrogen) atoms. The van der Waals surface area contributed by atoms with Crippen molar-refractivity contribution in [2.75, 3.05) is 20.3 Å². The molecule has 0 atom stereocenters. The second-order valence-electron chi connectivity index (χ2n) is 4.15. The molecule has 2 rings (SSSR count). The second-order valence-corrected chi connectivity index (χ2v) is 4.15. The fourth-order valence-electron chi connectivity index (χ4n) is 2.02. The molecular weight excluding hydrogens is 232 g/mol. The van der Waals surface area contributed by atoms with E-state index >= 15 is 0 Å². The van der Waals surface area contributed by atoms with Gasteiger partial charge in [-0.15, -0.1) is 0 Å². The monoisotopic (exact) mass is 248 g/mol. The largest absolute Gasteiger partial charge is 0.482 e. The summed E-state index contributed by atoms with van der Waals surface area (Å²) in [5, 5.41) is 9.13. The van der Waals surface area contributed by atoms with Crippen LogP contribution < -0.4 is 4.74 Å². The van der Waals surface area contributed by atoms with E-state index in [-0.39, 0.29) is 13.2 Å². The van der Waals surface area contributed by atoms with Crippen LogP contribution in [0.25, 0.3) is 6.08 Å². The van der Waals surface area contributed by atoms with Gasteiger partial charge in [-0.3, -0.25) is 0 Å². The van der Waals surface area contributed by atoms with E-state index in [0.717, 1.165) is 29.5 Å². The molecule has 1 aliphatic rings. The lowest BCUT2D eigenvalue weighted by Gasteiger charge is -2.18. The van der Waals surface area contributed by atoms with Gasteiger partial charge in [0.2, 0.25) is 0 Å². The first-order valence-corrected chi connectivity index (χ1v) is 5.86. The number of fused-ring (bicyclic) bond motifs is 1. The lowest BCUT2D eigenvalue weighted by molar-refractivity contribution is -0.142. The number of aliphatic hydroxyl groups excluding tert-OH is 1. The van der Waals surface area contributed by atoms with Gasteiger partial charge in [0.15, 0.2) is 6.61 Å². The topological polar surface area (TPSA) is 55.8 Å². The van der Waals surface area contributed by atoms with Crippen molar-refractivity contribution in [1.29, 1.82) is 0 Å². The molecule has 0 fully saturated rings. The molecule has 0 unspecified atom stereocenters. The fourth-order valence-corrected chi connectivity index (χ4v) is 2.02. The van der Waals surface area contributed by atoms with Gasteiger partial charge in [-0.1, -0.05) is 18.2 Å². The van der Waals surface area contributed by atoms with Crippen molar-refractivity contribution in [1.82, 2.24) is 0 Å². The maximum Gasteiger partial charge on any atom is 0.343 e. The van der Waals surface area contributed by atoms with Crippen LogP contribution in [0, 0.1) is 0 Å². The van der Waals surface area contributed by atoms with E-state index in [4.69, 9.17) is 9.84 Å². The minimum atomic E-state index is -0.394. The summed E-state index contributed by atoms with van der Waals surface area (Å²) in [5.41, 5.74) is 3.15. The molecule has 4 nitrogen and oxygen atoms in total. The molecule has 0 aliphatic heterocycles. The standard InChI is InChI=1S/C14H16O4/c1-17-14(16)9-18-13-4-2-3-11-7-10(8-15)5-6-12(11)13/h2-4,7,15H,5-6,8-9H2,1H3. The number of carbonyl (C=O) groups is 1. The highest BCUT2D eigenvalue weighted by Crippen LogP contribution is 2.30. The molecule has 0 aromatic heterocycles. The second kappa shape index (κ2) is 5.69. The normalized spacial score (nSPS) is 13.6. The average molecular weight is 248 g/mol. The zero-order chi connectivity index (χ0) is 13.0. The molecule has 0 spiro atoms. The van der Waals surface area contributed by atoms with Crippen LogP contribution in [0.2, 0.25) is 0 Å². The summed E-state index contributed by atoms with van der Waals surface area (Å²) in [6.45, 7) is 0.0101. The van der Waals surface area contributed by atoms with Crippen molar-refractivity contribution in [3.05, 3.63) is 34.9 Å². The van der Waals surface area contributed by atoms with Crippen LogP contribution in [0.1, 0.15) is 17.5 Å². The van der Waals surface area contributed by atoms with Gasteiger partial charge in [-0.2, -0.15) is 0 Å². The third-order valence-corrected chi connectivity index (χ3v) is 3.00. The Kier molecular flexibility index (Phi) is 3.99. The Morgan fingerprint density at radius 1 is 1.39 bits per heavy atom. The Morgan fingerprint density at radius 2 is 2.22 bits per heavy atom. The molecule has 0 heterocycles. The van der Waals surface area contributed by atoms with Gasteiger partial charge in [-0.25, -0.2) is 4.79 Å². The Balaban J connectivity index is 2.19. The quantitative estimate of drug-likeness (QED) is 0.822. The molecule has 1 N–H and O–H groups in total. The van der Waals surface area contributed by atoms with Crippen LogP contribution in [-0.4, -0.2) is 31.4 Å². The zero-order valence-corrected chi connectivity index (χ0v) is 10.3. The van der Waals surface area contributed by atoms with Crippen molar-refractivity contribution in [2.45, 2.75) is 12.8 Å². The summed E-state index contributed by atoms with van der Waals surface area (Å²) < 4.78 is 10.0. The van der Waals surface area contributed by atoms with Crippen molar-refractivity contribution >= 4 is 12.0 Å². The van der Waals surface area contributed by atoms with Crippen molar-refractivity contribution in [2.24, 2.45) is 0 Å². The van der Waals surface area contributed by atoms with Crippen LogP contribution in [-0.2, 0) is 16.0 Å². The Labute approximate surface area is 106 Å². The maximum absolute atomic E-state index is 11.1. The predicted molar refractivity (Wildman–Crippen MR) is 67.3 cm³/mol.